The molecule has 0 saturated heterocycles. The zero-order valence-corrected chi connectivity index (χ0v) is 20.5. The Morgan fingerprint density at radius 2 is 1.21 bits per heavy atom. The Balaban J connectivity index is 1.97. The Kier molecular flexibility index (Phi) is 6.02. The summed E-state index contributed by atoms with van der Waals surface area (Å²) in [5.74, 6) is -3.87. The van der Waals surface area contributed by atoms with Gasteiger partial charge in [-0.25, -0.2) is 13.2 Å². The fraction of sp³-hybridized carbons (Fsp3) is 0.0714. The molecule has 0 aromatic heterocycles. The molecule has 5 aromatic rings. The van der Waals surface area contributed by atoms with Crippen LogP contribution < -0.4 is 0 Å². The number of hydrogen-bond donors (Lipinski definition) is 0. The summed E-state index contributed by atoms with van der Waals surface area (Å²) in [4.78, 5) is 0. The average molecular weight is 570 g/mol. The van der Waals surface area contributed by atoms with Crippen molar-refractivity contribution in [1.29, 1.82) is 0 Å². The van der Waals surface area contributed by atoms with Gasteiger partial charge in [0.15, 0.2) is 17.5 Å². The molecule has 0 radical (unpaired) electrons. The number of alkyl halides is 2. The minimum atomic E-state index is -1.46. The number of halogens is 5. The van der Waals surface area contributed by atoms with Crippen molar-refractivity contribution in [1.82, 2.24) is 0 Å². The summed E-state index contributed by atoms with van der Waals surface area (Å²) in [6.45, 7) is 0. The molecule has 164 valence electrons. The minimum absolute atomic E-state index is 0.300. The third-order valence-corrected chi connectivity index (χ3v) is 7.16. The van der Waals surface area contributed by atoms with Crippen LogP contribution in [-0.4, -0.2) is 0 Å². The highest BCUT2D eigenvalue weighted by molar-refractivity contribution is 9.08. The van der Waals surface area contributed by atoms with Gasteiger partial charge in [-0.15, -0.1) is 0 Å². The Hall–Kier alpha value is -2.63. The van der Waals surface area contributed by atoms with Crippen molar-refractivity contribution >= 4 is 53.4 Å². The van der Waals surface area contributed by atoms with Crippen LogP contribution in [0.5, 0.6) is 0 Å². The fourth-order valence-electron chi connectivity index (χ4n) is 4.51. The minimum Gasteiger partial charge on any atom is -0.204 e. The van der Waals surface area contributed by atoms with Gasteiger partial charge in [-0.05, 0) is 73.1 Å². The molecule has 0 saturated carbocycles. The summed E-state index contributed by atoms with van der Waals surface area (Å²) < 4.78 is 42.1. The highest BCUT2D eigenvalue weighted by Gasteiger charge is 2.21. The molecule has 5 rings (SSSR count). The first-order valence-corrected chi connectivity index (χ1v) is 12.6. The molecular formula is C28H17Br2F3. The molecule has 0 aliphatic carbocycles. The average Bonchev–Trinajstić information content (AvgIpc) is 2.85. The van der Waals surface area contributed by atoms with E-state index in [1.807, 2.05) is 36.4 Å². The number of benzene rings is 5. The smallest absolute Gasteiger partial charge is 0.194 e. The summed E-state index contributed by atoms with van der Waals surface area (Å²) >= 11 is 7.27. The van der Waals surface area contributed by atoms with Gasteiger partial charge in [0, 0.05) is 10.7 Å². The first-order valence-electron chi connectivity index (χ1n) is 10.4. The van der Waals surface area contributed by atoms with Crippen LogP contribution in [0.15, 0.2) is 78.9 Å². The summed E-state index contributed by atoms with van der Waals surface area (Å²) in [6.07, 6.45) is 0. The van der Waals surface area contributed by atoms with E-state index >= 15 is 0 Å². The highest BCUT2D eigenvalue weighted by Crippen LogP contribution is 2.44. The van der Waals surface area contributed by atoms with Crippen molar-refractivity contribution in [2.45, 2.75) is 10.7 Å². The van der Waals surface area contributed by atoms with Crippen LogP contribution in [0.3, 0.4) is 0 Å². The molecule has 0 fully saturated rings. The molecule has 0 unspecified atom stereocenters. The Morgan fingerprint density at radius 3 is 1.85 bits per heavy atom. The summed E-state index contributed by atoms with van der Waals surface area (Å²) in [5.41, 5.74) is 5.02. The summed E-state index contributed by atoms with van der Waals surface area (Å²) in [7, 11) is 0. The van der Waals surface area contributed by atoms with Crippen LogP contribution in [0.2, 0.25) is 0 Å². The van der Waals surface area contributed by atoms with E-state index in [-0.39, 0.29) is 0 Å². The van der Waals surface area contributed by atoms with Gasteiger partial charge < -0.3 is 0 Å². The van der Waals surface area contributed by atoms with Crippen LogP contribution >= 0.6 is 31.9 Å². The third kappa shape index (κ3) is 3.77. The predicted molar refractivity (Wildman–Crippen MR) is 137 cm³/mol. The second-order valence-electron chi connectivity index (χ2n) is 7.84. The molecule has 0 atom stereocenters. The molecule has 33 heavy (non-hydrogen) atoms. The van der Waals surface area contributed by atoms with Gasteiger partial charge in [-0.1, -0.05) is 92.5 Å². The second-order valence-corrected chi connectivity index (χ2v) is 8.96. The monoisotopic (exact) mass is 568 g/mol. The van der Waals surface area contributed by atoms with E-state index in [4.69, 9.17) is 0 Å². The maximum atomic E-state index is 14.2. The van der Waals surface area contributed by atoms with Crippen LogP contribution in [0.4, 0.5) is 13.2 Å². The Bertz CT molecular complexity index is 1500. The van der Waals surface area contributed by atoms with Gasteiger partial charge in [-0.2, -0.15) is 0 Å². The maximum Gasteiger partial charge on any atom is 0.194 e. The second kappa shape index (κ2) is 8.96. The van der Waals surface area contributed by atoms with Gasteiger partial charge in [0.05, 0.1) is 0 Å². The molecule has 0 aliphatic heterocycles. The standard InChI is InChI=1S/C28H17Br2F3/c29-14-18-10-9-16-5-1-3-7-20(16)26(18)27-21-8-4-2-6-17(21)11-22(23(27)15-30)19-12-24(31)28(33)25(32)13-19/h1-13H,14-15H2. The van der Waals surface area contributed by atoms with Crippen LogP contribution in [0.1, 0.15) is 11.1 Å². The molecule has 0 amide bonds. The molecule has 0 N–H and O–H groups in total. The first kappa shape index (κ1) is 22.2. The number of hydrogen-bond acceptors (Lipinski definition) is 0. The van der Waals surface area contributed by atoms with Gasteiger partial charge in [0.25, 0.3) is 0 Å². The van der Waals surface area contributed by atoms with Crippen molar-refractivity contribution in [2.75, 3.05) is 0 Å². The summed E-state index contributed by atoms with van der Waals surface area (Å²) in [6, 6.07) is 24.4. The van der Waals surface area contributed by atoms with E-state index in [1.54, 1.807) is 0 Å². The number of fused-ring (bicyclic) bond motifs is 2. The van der Waals surface area contributed by atoms with Crippen molar-refractivity contribution in [3.05, 3.63) is 107 Å². The molecule has 0 spiro atoms. The van der Waals surface area contributed by atoms with Crippen molar-refractivity contribution in [3.63, 3.8) is 0 Å². The van der Waals surface area contributed by atoms with Crippen molar-refractivity contribution < 1.29 is 13.2 Å². The first-order chi connectivity index (χ1) is 16.0. The van der Waals surface area contributed by atoms with Crippen molar-refractivity contribution in [2.24, 2.45) is 0 Å². The normalized spacial score (nSPS) is 11.4. The maximum absolute atomic E-state index is 14.2. The van der Waals surface area contributed by atoms with Crippen molar-refractivity contribution in [3.8, 4) is 22.3 Å². The fourth-order valence-corrected chi connectivity index (χ4v) is 5.56. The molecule has 0 aliphatic rings. The molecule has 0 bridgehead atoms. The van der Waals surface area contributed by atoms with Gasteiger partial charge in [0.1, 0.15) is 0 Å². The zero-order valence-electron chi connectivity index (χ0n) is 17.3. The Labute approximate surface area is 206 Å². The van der Waals surface area contributed by atoms with Gasteiger partial charge in [-0.3, -0.25) is 0 Å². The predicted octanol–water partition coefficient (Wildman–Crippen LogP) is 9.53. The van der Waals surface area contributed by atoms with Crippen LogP contribution in [-0.2, 0) is 10.7 Å². The van der Waals surface area contributed by atoms with Crippen LogP contribution in [0, 0.1) is 17.5 Å². The summed E-state index contributed by atoms with van der Waals surface area (Å²) in [5, 5.41) is 5.27. The Morgan fingerprint density at radius 1 is 0.606 bits per heavy atom. The van der Waals surface area contributed by atoms with E-state index in [2.05, 4.69) is 62.2 Å². The third-order valence-electron chi connectivity index (χ3n) is 5.99. The van der Waals surface area contributed by atoms with Gasteiger partial charge in [0.2, 0.25) is 0 Å². The zero-order chi connectivity index (χ0) is 23.1. The van der Waals surface area contributed by atoms with E-state index in [0.717, 1.165) is 55.9 Å². The van der Waals surface area contributed by atoms with Crippen LogP contribution in [0.25, 0.3) is 43.8 Å². The van der Waals surface area contributed by atoms with E-state index < -0.39 is 17.5 Å². The lowest BCUT2D eigenvalue weighted by molar-refractivity contribution is 0.447. The SMILES string of the molecule is Fc1cc(-c2cc3ccccc3c(-c3c(CBr)ccc4ccccc34)c2CBr)cc(F)c1F. The molecule has 0 heterocycles. The largest absolute Gasteiger partial charge is 0.204 e. The van der Waals surface area contributed by atoms with Gasteiger partial charge >= 0.3 is 0 Å². The van der Waals surface area contributed by atoms with E-state index in [0.29, 0.717) is 21.8 Å². The van der Waals surface area contributed by atoms with E-state index in [1.165, 1.54) is 0 Å². The molecular weight excluding hydrogens is 553 g/mol. The molecule has 0 nitrogen and oxygen atoms in total. The lowest BCUT2D eigenvalue weighted by Gasteiger charge is -2.21. The van der Waals surface area contributed by atoms with E-state index in [9.17, 15) is 13.2 Å². The lowest BCUT2D eigenvalue weighted by Crippen LogP contribution is -1.99. The number of rotatable bonds is 4. The molecule has 5 aromatic carbocycles. The lowest BCUT2D eigenvalue weighted by atomic mass is 9.84. The highest BCUT2D eigenvalue weighted by atomic mass is 79.9. The topological polar surface area (TPSA) is 0 Å². The molecule has 5 heteroatoms. The quantitative estimate of drug-likeness (QED) is 0.149.